The van der Waals surface area contributed by atoms with E-state index in [0.717, 1.165) is 16.8 Å². The summed E-state index contributed by atoms with van der Waals surface area (Å²) in [6.45, 7) is 4.68. The molecule has 0 aromatic heterocycles. The van der Waals surface area contributed by atoms with Gasteiger partial charge in [-0.25, -0.2) is 0 Å². The topological polar surface area (TPSA) is 12.0 Å². The van der Waals surface area contributed by atoms with Crippen molar-refractivity contribution in [2.45, 2.75) is 0 Å². The third kappa shape index (κ3) is 3.06. The van der Waals surface area contributed by atoms with Gasteiger partial charge in [0.15, 0.2) is 0 Å². The molecule has 0 heterocycles. The lowest BCUT2D eigenvalue weighted by Crippen LogP contribution is -2.03. The molecule has 0 aliphatic rings. The molecule has 3 heteroatoms. The fraction of sp³-hybridized carbons (Fsp3) is 0.0667. The van der Waals surface area contributed by atoms with Gasteiger partial charge in [0.05, 0.1) is 15.7 Å². The molecule has 2 aromatic rings. The van der Waals surface area contributed by atoms with Gasteiger partial charge in [0.1, 0.15) is 0 Å². The van der Waals surface area contributed by atoms with E-state index in [-0.39, 0.29) is 0 Å². The predicted molar refractivity (Wildman–Crippen MR) is 80.4 cm³/mol. The second kappa shape index (κ2) is 5.94. The van der Waals surface area contributed by atoms with E-state index in [9.17, 15) is 0 Å². The van der Waals surface area contributed by atoms with Crippen molar-refractivity contribution >= 4 is 34.5 Å². The molecule has 0 amide bonds. The molecule has 0 atom stereocenters. The van der Waals surface area contributed by atoms with Gasteiger partial charge in [-0.15, -0.1) is 0 Å². The number of hydrogen-bond donors (Lipinski definition) is 1. The fourth-order valence-electron chi connectivity index (χ4n) is 1.62. The molecule has 0 saturated carbocycles. The first kappa shape index (κ1) is 13.0. The minimum atomic E-state index is 0.542. The predicted octanol–water partition coefficient (Wildman–Crippen LogP) is 5.12. The first-order chi connectivity index (χ1) is 8.68. The highest BCUT2D eigenvalue weighted by Crippen LogP contribution is 2.29. The summed E-state index contributed by atoms with van der Waals surface area (Å²) >= 11 is 12.1. The van der Waals surface area contributed by atoms with Crippen LogP contribution < -0.4 is 5.32 Å². The molecule has 1 nitrogen and oxygen atoms in total. The Hall–Kier alpha value is -1.44. The number of rotatable bonds is 4. The lowest BCUT2D eigenvalue weighted by molar-refractivity contribution is 1.34. The maximum atomic E-state index is 6.10. The number of nitrogens with one attached hydrogen (secondary N) is 1. The van der Waals surface area contributed by atoms with E-state index in [4.69, 9.17) is 23.2 Å². The van der Waals surface area contributed by atoms with Gasteiger partial charge in [-0.3, -0.25) is 0 Å². The van der Waals surface area contributed by atoms with Crippen LogP contribution in [0, 0.1) is 0 Å². The van der Waals surface area contributed by atoms with Crippen LogP contribution in [-0.4, -0.2) is 6.54 Å². The average Bonchev–Trinajstić information content (AvgIpc) is 2.41. The van der Waals surface area contributed by atoms with Gasteiger partial charge in [0.2, 0.25) is 0 Å². The minimum Gasteiger partial charge on any atom is -0.380 e. The summed E-state index contributed by atoms with van der Waals surface area (Å²) in [5.41, 5.74) is 2.94. The van der Waals surface area contributed by atoms with Crippen LogP contribution in [0.1, 0.15) is 5.56 Å². The van der Waals surface area contributed by atoms with Crippen molar-refractivity contribution in [3.05, 3.63) is 70.7 Å². The minimum absolute atomic E-state index is 0.542. The fourth-order valence-corrected chi connectivity index (χ4v) is 1.99. The Balaban J connectivity index is 2.04. The summed E-state index contributed by atoms with van der Waals surface area (Å²) in [4.78, 5) is 0. The number of halogens is 2. The summed E-state index contributed by atoms with van der Waals surface area (Å²) in [5.74, 6) is 0. The Labute approximate surface area is 117 Å². The SMILES string of the molecule is C=C(CNc1cccc(Cl)c1Cl)c1ccccc1. The van der Waals surface area contributed by atoms with Gasteiger partial charge in [-0.1, -0.05) is 66.2 Å². The smallest absolute Gasteiger partial charge is 0.0823 e. The largest absolute Gasteiger partial charge is 0.380 e. The molecule has 0 aliphatic heterocycles. The quantitative estimate of drug-likeness (QED) is 0.818. The van der Waals surface area contributed by atoms with Gasteiger partial charge in [-0.2, -0.15) is 0 Å². The molecular weight excluding hydrogens is 265 g/mol. The van der Waals surface area contributed by atoms with Gasteiger partial charge in [-0.05, 0) is 23.3 Å². The molecule has 0 radical (unpaired) electrons. The zero-order valence-electron chi connectivity index (χ0n) is 9.79. The van der Waals surface area contributed by atoms with Crippen LogP contribution in [0.5, 0.6) is 0 Å². The third-order valence-corrected chi connectivity index (χ3v) is 3.44. The Morgan fingerprint density at radius 1 is 1.00 bits per heavy atom. The third-order valence-electron chi connectivity index (χ3n) is 2.63. The van der Waals surface area contributed by atoms with Crippen molar-refractivity contribution in [3.8, 4) is 0 Å². The van der Waals surface area contributed by atoms with Gasteiger partial charge in [0.25, 0.3) is 0 Å². The van der Waals surface area contributed by atoms with Crippen LogP contribution in [0.2, 0.25) is 10.0 Å². The van der Waals surface area contributed by atoms with Gasteiger partial charge < -0.3 is 5.32 Å². The van der Waals surface area contributed by atoms with E-state index in [1.807, 2.05) is 42.5 Å². The molecule has 0 saturated heterocycles. The number of benzene rings is 2. The van der Waals surface area contributed by atoms with E-state index in [2.05, 4.69) is 11.9 Å². The molecule has 0 spiro atoms. The van der Waals surface area contributed by atoms with Crippen LogP contribution in [0.15, 0.2) is 55.1 Å². The van der Waals surface area contributed by atoms with Crippen LogP contribution in [0.3, 0.4) is 0 Å². The summed E-state index contributed by atoms with van der Waals surface area (Å²) in [7, 11) is 0. The molecular formula is C15H13Cl2N. The second-order valence-electron chi connectivity index (χ2n) is 3.92. The maximum absolute atomic E-state index is 6.10. The highest BCUT2D eigenvalue weighted by Gasteiger charge is 2.04. The summed E-state index contributed by atoms with van der Waals surface area (Å²) < 4.78 is 0. The Kier molecular flexibility index (Phi) is 4.29. The number of hydrogen-bond acceptors (Lipinski definition) is 1. The monoisotopic (exact) mass is 277 g/mol. The Morgan fingerprint density at radius 2 is 1.72 bits per heavy atom. The summed E-state index contributed by atoms with van der Waals surface area (Å²) in [6.07, 6.45) is 0. The van der Waals surface area contributed by atoms with Gasteiger partial charge in [0, 0.05) is 6.54 Å². The summed E-state index contributed by atoms with van der Waals surface area (Å²) in [5, 5.41) is 4.33. The zero-order chi connectivity index (χ0) is 13.0. The molecule has 2 rings (SSSR count). The van der Waals surface area contributed by atoms with Crippen molar-refractivity contribution < 1.29 is 0 Å². The van der Waals surface area contributed by atoms with E-state index < -0.39 is 0 Å². The normalized spacial score (nSPS) is 10.1. The molecule has 1 N–H and O–H groups in total. The van der Waals surface area contributed by atoms with Crippen LogP contribution in [-0.2, 0) is 0 Å². The molecule has 0 unspecified atom stereocenters. The second-order valence-corrected chi connectivity index (χ2v) is 4.71. The van der Waals surface area contributed by atoms with Crippen LogP contribution >= 0.6 is 23.2 Å². The van der Waals surface area contributed by atoms with E-state index >= 15 is 0 Å². The van der Waals surface area contributed by atoms with Crippen molar-refractivity contribution in [3.63, 3.8) is 0 Å². The number of anilines is 1. The maximum Gasteiger partial charge on any atom is 0.0823 e. The van der Waals surface area contributed by atoms with E-state index in [1.165, 1.54) is 0 Å². The molecule has 0 bridgehead atoms. The Bertz CT molecular complexity index is 550. The summed E-state index contributed by atoms with van der Waals surface area (Å²) in [6, 6.07) is 15.6. The highest BCUT2D eigenvalue weighted by molar-refractivity contribution is 6.43. The van der Waals surface area contributed by atoms with E-state index in [1.54, 1.807) is 6.07 Å². The first-order valence-corrected chi connectivity index (χ1v) is 6.35. The van der Waals surface area contributed by atoms with Crippen molar-refractivity contribution in [1.29, 1.82) is 0 Å². The first-order valence-electron chi connectivity index (χ1n) is 5.59. The average molecular weight is 278 g/mol. The van der Waals surface area contributed by atoms with Crippen LogP contribution in [0.25, 0.3) is 5.57 Å². The zero-order valence-corrected chi connectivity index (χ0v) is 11.3. The van der Waals surface area contributed by atoms with Crippen molar-refractivity contribution in [2.24, 2.45) is 0 Å². The highest BCUT2D eigenvalue weighted by atomic mass is 35.5. The van der Waals surface area contributed by atoms with Gasteiger partial charge >= 0.3 is 0 Å². The Morgan fingerprint density at radius 3 is 2.44 bits per heavy atom. The lowest BCUT2D eigenvalue weighted by Gasteiger charge is -2.11. The lowest BCUT2D eigenvalue weighted by atomic mass is 10.1. The van der Waals surface area contributed by atoms with Crippen molar-refractivity contribution in [2.75, 3.05) is 11.9 Å². The van der Waals surface area contributed by atoms with Crippen LogP contribution in [0.4, 0.5) is 5.69 Å². The molecule has 18 heavy (non-hydrogen) atoms. The molecule has 2 aromatic carbocycles. The van der Waals surface area contributed by atoms with E-state index in [0.29, 0.717) is 16.6 Å². The van der Waals surface area contributed by atoms with Crippen molar-refractivity contribution in [1.82, 2.24) is 0 Å². The molecule has 92 valence electrons. The standard InChI is InChI=1S/C15H13Cl2N/c1-11(12-6-3-2-4-7-12)10-18-14-9-5-8-13(16)15(14)17/h2-9,18H,1,10H2. The molecule has 0 fully saturated rings. The molecule has 0 aliphatic carbocycles.